The quantitative estimate of drug-likeness (QED) is 0.235. The van der Waals surface area contributed by atoms with Gasteiger partial charge in [0.2, 0.25) is 0 Å². The van der Waals surface area contributed by atoms with Crippen LogP contribution in [0.15, 0.2) is 0 Å². The van der Waals surface area contributed by atoms with E-state index in [1.54, 1.807) is 0 Å². The molecule has 60 valence electrons. The minimum absolute atomic E-state index is 0.0667. The monoisotopic (exact) mass is 144 g/mol. The molecule has 0 spiro atoms. The van der Waals surface area contributed by atoms with E-state index >= 15 is 0 Å². The lowest BCUT2D eigenvalue weighted by Gasteiger charge is -2.07. The lowest BCUT2D eigenvalue weighted by Crippen LogP contribution is -2.35. The number of hydrogen-bond acceptors (Lipinski definition) is 3. The summed E-state index contributed by atoms with van der Waals surface area (Å²) in [4.78, 5) is 0. The van der Waals surface area contributed by atoms with Gasteiger partial charge in [-0.2, -0.15) is 0 Å². The summed E-state index contributed by atoms with van der Waals surface area (Å²) in [5.41, 5.74) is 15.9. The summed E-state index contributed by atoms with van der Waals surface area (Å²) in [6, 6.07) is -0.272. The summed E-state index contributed by atoms with van der Waals surface area (Å²) >= 11 is 0. The van der Waals surface area contributed by atoms with E-state index < -0.39 is 0 Å². The molecule has 0 aromatic rings. The molecule has 1 unspecified atom stereocenters. The number of hydrogen-bond donors (Lipinski definition) is 4. The van der Waals surface area contributed by atoms with E-state index in [2.05, 4.69) is 0 Å². The lowest BCUT2D eigenvalue weighted by molar-refractivity contribution is 0.649. The van der Waals surface area contributed by atoms with Crippen molar-refractivity contribution < 1.29 is 0 Å². The molecule has 0 fully saturated rings. The lowest BCUT2D eigenvalue weighted by atomic mass is 10.1. The van der Waals surface area contributed by atoms with E-state index in [0.717, 1.165) is 19.3 Å². The third-order valence-electron chi connectivity index (χ3n) is 1.37. The molecule has 0 rings (SSSR count). The van der Waals surface area contributed by atoms with Crippen LogP contribution in [0.1, 0.15) is 19.3 Å². The van der Waals surface area contributed by atoms with Crippen molar-refractivity contribution in [1.82, 2.24) is 0 Å². The molecule has 0 saturated heterocycles. The van der Waals surface area contributed by atoms with Gasteiger partial charge in [-0.3, -0.25) is 5.41 Å². The van der Waals surface area contributed by atoms with Crippen molar-refractivity contribution in [3.63, 3.8) is 0 Å². The maximum absolute atomic E-state index is 6.96. The molecule has 0 radical (unpaired) electrons. The van der Waals surface area contributed by atoms with Crippen molar-refractivity contribution in [2.24, 2.45) is 17.2 Å². The molecule has 0 bridgehead atoms. The zero-order chi connectivity index (χ0) is 7.98. The predicted octanol–water partition coefficient (Wildman–Crippen LogP) is -0.621. The number of rotatable bonds is 5. The van der Waals surface area contributed by atoms with Crippen LogP contribution in [0.5, 0.6) is 0 Å². The highest BCUT2D eigenvalue weighted by Crippen LogP contribution is 1.96. The zero-order valence-electron chi connectivity index (χ0n) is 6.14. The van der Waals surface area contributed by atoms with Crippen molar-refractivity contribution in [3.8, 4) is 0 Å². The van der Waals surface area contributed by atoms with Gasteiger partial charge in [0.1, 0.15) is 5.84 Å². The van der Waals surface area contributed by atoms with Gasteiger partial charge in [0.05, 0.1) is 6.04 Å². The molecular weight excluding hydrogens is 128 g/mol. The Hall–Kier alpha value is -0.610. The fourth-order valence-electron chi connectivity index (χ4n) is 0.664. The van der Waals surface area contributed by atoms with Gasteiger partial charge >= 0.3 is 0 Å². The molecule has 7 N–H and O–H groups in total. The highest BCUT2D eigenvalue weighted by molar-refractivity contribution is 5.82. The number of nitrogens with two attached hydrogens (primary N) is 3. The van der Waals surface area contributed by atoms with Crippen LogP contribution in [-0.4, -0.2) is 18.4 Å². The molecule has 0 aromatic heterocycles. The Bertz CT molecular complexity index is 102. The van der Waals surface area contributed by atoms with Gasteiger partial charge in [0.25, 0.3) is 0 Å². The topological polar surface area (TPSA) is 102 Å². The maximum atomic E-state index is 6.96. The van der Waals surface area contributed by atoms with E-state index in [0.29, 0.717) is 6.54 Å². The molecule has 0 aliphatic heterocycles. The average Bonchev–Trinajstić information content (AvgIpc) is 1.88. The molecule has 4 heteroatoms. The van der Waals surface area contributed by atoms with Crippen LogP contribution in [0.4, 0.5) is 0 Å². The second-order valence-electron chi connectivity index (χ2n) is 2.35. The number of amidine groups is 1. The van der Waals surface area contributed by atoms with Crippen molar-refractivity contribution in [3.05, 3.63) is 0 Å². The first-order chi connectivity index (χ1) is 4.68. The molecule has 0 aliphatic rings. The summed E-state index contributed by atoms with van der Waals surface area (Å²) in [5.74, 6) is 0.0667. The van der Waals surface area contributed by atoms with Crippen LogP contribution >= 0.6 is 0 Å². The smallest absolute Gasteiger partial charge is 0.108 e. The van der Waals surface area contributed by atoms with Crippen molar-refractivity contribution in [2.45, 2.75) is 25.3 Å². The van der Waals surface area contributed by atoms with Crippen molar-refractivity contribution in [1.29, 1.82) is 5.41 Å². The second-order valence-corrected chi connectivity index (χ2v) is 2.35. The number of unbranched alkanes of at least 4 members (excludes halogenated alkanes) is 1. The van der Waals surface area contributed by atoms with Gasteiger partial charge in [0, 0.05) is 0 Å². The van der Waals surface area contributed by atoms with Crippen molar-refractivity contribution in [2.75, 3.05) is 6.54 Å². The second kappa shape index (κ2) is 5.20. The van der Waals surface area contributed by atoms with Crippen LogP contribution < -0.4 is 17.2 Å². The Morgan fingerprint density at radius 2 is 2.00 bits per heavy atom. The Labute approximate surface area is 61.3 Å². The normalized spacial score (nSPS) is 13.0. The first-order valence-corrected chi connectivity index (χ1v) is 3.48. The highest BCUT2D eigenvalue weighted by Gasteiger charge is 2.03. The molecule has 0 heterocycles. The third kappa shape index (κ3) is 4.29. The van der Waals surface area contributed by atoms with E-state index in [4.69, 9.17) is 22.6 Å². The molecule has 0 saturated carbocycles. The first-order valence-electron chi connectivity index (χ1n) is 3.48. The molecule has 4 nitrogen and oxygen atoms in total. The Balaban J connectivity index is 3.21. The van der Waals surface area contributed by atoms with Crippen LogP contribution in [0.3, 0.4) is 0 Å². The fraction of sp³-hybridized carbons (Fsp3) is 0.833. The standard InChI is InChI=1S/C6H16N4/c7-4-2-1-3-5(8)6(9)10/h5H,1-4,7-8H2,(H3,9,10). The van der Waals surface area contributed by atoms with Gasteiger partial charge in [-0.25, -0.2) is 0 Å². The Morgan fingerprint density at radius 1 is 1.40 bits per heavy atom. The maximum Gasteiger partial charge on any atom is 0.108 e. The summed E-state index contributed by atoms with van der Waals surface area (Å²) in [7, 11) is 0. The molecule has 0 amide bonds. The van der Waals surface area contributed by atoms with E-state index in [1.165, 1.54) is 0 Å². The summed E-state index contributed by atoms with van der Waals surface area (Å²) < 4.78 is 0. The SMILES string of the molecule is N=C(N)C(N)CCCCN. The fourth-order valence-corrected chi connectivity index (χ4v) is 0.664. The largest absolute Gasteiger partial charge is 0.386 e. The summed E-state index contributed by atoms with van der Waals surface area (Å²) in [5, 5.41) is 6.96. The Morgan fingerprint density at radius 3 is 2.40 bits per heavy atom. The molecule has 1 atom stereocenters. The van der Waals surface area contributed by atoms with Crippen molar-refractivity contribution >= 4 is 5.84 Å². The molecule has 0 aliphatic carbocycles. The Kier molecular flexibility index (Phi) is 4.88. The van der Waals surface area contributed by atoms with Crippen LogP contribution in [0.2, 0.25) is 0 Å². The molecular formula is C6H16N4. The predicted molar refractivity (Wildman–Crippen MR) is 42.8 cm³/mol. The van der Waals surface area contributed by atoms with Gasteiger partial charge in [0.15, 0.2) is 0 Å². The van der Waals surface area contributed by atoms with E-state index in [9.17, 15) is 0 Å². The first kappa shape index (κ1) is 9.39. The van der Waals surface area contributed by atoms with Crippen LogP contribution in [0.25, 0.3) is 0 Å². The van der Waals surface area contributed by atoms with Gasteiger partial charge in [-0.05, 0) is 19.4 Å². The zero-order valence-corrected chi connectivity index (χ0v) is 6.14. The van der Waals surface area contributed by atoms with Crippen LogP contribution in [0, 0.1) is 5.41 Å². The highest BCUT2D eigenvalue weighted by atomic mass is 14.8. The third-order valence-corrected chi connectivity index (χ3v) is 1.37. The molecule has 10 heavy (non-hydrogen) atoms. The van der Waals surface area contributed by atoms with Gasteiger partial charge < -0.3 is 17.2 Å². The van der Waals surface area contributed by atoms with E-state index in [1.807, 2.05) is 0 Å². The van der Waals surface area contributed by atoms with Gasteiger partial charge in [-0.15, -0.1) is 0 Å². The van der Waals surface area contributed by atoms with Crippen LogP contribution in [-0.2, 0) is 0 Å². The number of nitrogens with one attached hydrogen (secondary N) is 1. The average molecular weight is 144 g/mol. The van der Waals surface area contributed by atoms with E-state index in [-0.39, 0.29) is 11.9 Å². The summed E-state index contributed by atoms with van der Waals surface area (Å²) in [6.07, 6.45) is 2.69. The summed E-state index contributed by atoms with van der Waals surface area (Å²) in [6.45, 7) is 0.685. The minimum atomic E-state index is -0.272. The minimum Gasteiger partial charge on any atom is -0.386 e. The van der Waals surface area contributed by atoms with Gasteiger partial charge in [-0.1, -0.05) is 6.42 Å². The molecule has 0 aromatic carbocycles.